The van der Waals surface area contributed by atoms with Gasteiger partial charge < -0.3 is 4.90 Å². The zero-order chi connectivity index (χ0) is 15.9. The molecular formula is C19H22ClN5. The fraction of sp³-hybridized carbons (Fsp3) is 0.368. The van der Waals surface area contributed by atoms with Crippen LogP contribution in [0.25, 0.3) is 16.6 Å². The summed E-state index contributed by atoms with van der Waals surface area (Å²) in [5.41, 5.74) is 2.12. The van der Waals surface area contributed by atoms with Gasteiger partial charge in [-0.25, -0.2) is 9.67 Å². The summed E-state index contributed by atoms with van der Waals surface area (Å²) < 4.78 is 1.88. The number of hydrogen-bond donors (Lipinski definition) is 0. The van der Waals surface area contributed by atoms with E-state index in [9.17, 15) is 0 Å². The molecular weight excluding hydrogens is 334 g/mol. The molecule has 130 valence electrons. The molecule has 2 fully saturated rings. The van der Waals surface area contributed by atoms with Crippen LogP contribution in [0.1, 0.15) is 12.8 Å². The third-order valence-electron chi connectivity index (χ3n) is 5.13. The summed E-state index contributed by atoms with van der Waals surface area (Å²) in [6.45, 7) is 4.51. The van der Waals surface area contributed by atoms with E-state index in [0.717, 1.165) is 41.5 Å². The Bertz CT molecular complexity index is 851. The molecule has 5 rings (SSSR count). The van der Waals surface area contributed by atoms with Gasteiger partial charge in [0.05, 0.1) is 11.2 Å². The van der Waals surface area contributed by atoms with Gasteiger partial charge in [-0.2, -0.15) is 5.10 Å². The smallest absolute Gasteiger partial charge is 0.129 e. The van der Waals surface area contributed by atoms with Gasteiger partial charge in [-0.1, -0.05) is 0 Å². The van der Waals surface area contributed by atoms with Crippen molar-refractivity contribution in [3.05, 3.63) is 48.8 Å². The van der Waals surface area contributed by atoms with E-state index in [2.05, 4.69) is 45.2 Å². The monoisotopic (exact) mass is 355 g/mol. The lowest BCUT2D eigenvalue weighted by Gasteiger charge is -2.35. The van der Waals surface area contributed by atoms with E-state index in [4.69, 9.17) is 4.98 Å². The van der Waals surface area contributed by atoms with Gasteiger partial charge in [0.2, 0.25) is 0 Å². The highest BCUT2D eigenvalue weighted by Gasteiger charge is 2.31. The molecule has 25 heavy (non-hydrogen) atoms. The molecule has 0 N–H and O–H groups in total. The molecule has 3 heterocycles. The minimum Gasteiger partial charge on any atom is -0.354 e. The molecule has 0 radical (unpaired) electrons. The molecule has 1 saturated carbocycles. The molecule has 1 aromatic carbocycles. The van der Waals surface area contributed by atoms with Crippen molar-refractivity contribution < 1.29 is 0 Å². The molecule has 0 bridgehead atoms. The highest BCUT2D eigenvalue weighted by Crippen LogP contribution is 2.28. The van der Waals surface area contributed by atoms with E-state index < -0.39 is 0 Å². The predicted molar refractivity (Wildman–Crippen MR) is 103 cm³/mol. The molecule has 1 aliphatic heterocycles. The number of rotatable bonds is 3. The summed E-state index contributed by atoms with van der Waals surface area (Å²) in [5.74, 6) is 1.10. The molecule has 3 aromatic rings. The molecule has 2 aliphatic rings. The van der Waals surface area contributed by atoms with Gasteiger partial charge in [0.25, 0.3) is 0 Å². The first kappa shape index (κ1) is 16.4. The Morgan fingerprint density at radius 1 is 0.960 bits per heavy atom. The van der Waals surface area contributed by atoms with Crippen molar-refractivity contribution in [2.24, 2.45) is 0 Å². The Morgan fingerprint density at radius 2 is 1.80 bits per heavy atom. The maximum absolute atomic E-state index is 4.88. The number of halogens is 1. The molecule has 0 amide bonds. The van der Waals surface area contributed by atoms with Crippen LogP contribution in [0.15, 0.2) is 48.8 Å². The van der Waals surface area contributed by atoms with Crippen molar-refractivity contribution in [3.63, 3.8) is 0 Å². The van der Waals surface area contributed by atoms with Crippen molar-refractivity contribution >= 4 is 29.1 Å². The fourth-order valence-corrected chi connectivity index (χ4v) is 3.60. The summed E-state index contributed by atoms with van der Waals surface area (Å²) in [6, 6.07) is 13.5. The molecule has 0 spiro atoms. The molecule has 2 aromatic heterocycles. The summed E-state index contributed by atoms with van der Waals surface area (Å²) in [4.78, 5) is 9.93. The minimum absolute atomic E-state index is 0. The van der Waals surface area contributed by atoms with Crippen molar-refractivity contribution in [2.45, 2.75) is 18.9 Å². The van der Waals surface area contributed by atoms with Crippen molar-refractivity contribution in [1.82, 2.24) is 19.7 Å². The standard InChI is InChI=1S/C19H21N5.ClH/c1-8-20-24(9-1)17-5-6-18-15(14-17)2-7-19(21-18)23-12-10-22(11-13-23)16-3-4-16;/h1-2,5-9,14,16H,3-4,10-13H2;1H. The van der Waals surface area contributed by atoms with Crippen LogP contribution < -0.4 is 4.90 Å². The van der Waals surface area contributed by atoms with Crippen LogP contribution in [0.4, 0.5) is 5.82 Å². The van der Waals surface area contributed by atoms with Gasteiger partial charge >= 0.3 is 0 Å². The first-order valence-electron chi connectivity index (χ1n) is 8.77. The summed E-state index contributed by atoms with van der Waals surface area (Å²) in [7, 11) is 0. The van der Waals surface area contributed by atoms with E-state index in [1.54, 1.807) is 6.20 Å². The molecule has 1 aliphatic carbocycles. The number of anilines is 1. The zero-order valence-corrected chi connectivity index (χ0v) is 14.9. The SMILES string of the molecule is Cl.c1cnn(-c2ccc3nc(N4CCN(C5CC5)CC4)ccc3c2)c1. The Kier molecular flexibility index (Phi) is 4.36. The largest absolute Gasteiger partial charge is 0.354 e. The number of benzene rings is 1. The lowest BCUT2D eigenvalue weighted by atomic mass is 10.2. The van der Waals surface area contributed by atoms with Gasteiger partial charge in [0.15, 0.2) is 0 Å². The van der Waals surface area contributed by atoms with Gasteiger partial charge in [-0.3, -0.25) is 4.90 Å². The topological polar surface area (TPSA) is 37.2 Å². The van der Waals surface area contributed by atoms with Crippen LogP contribution in [0.5, 0.6) is 0 Å². The second kappa shape index (κ2) is 6.65. The van der Waals surface area contributed by atoms with Crippen molar-refractivity contribution in [3.8, 4) is 5.69 Å². The lowest BCUT2D eigenvalue weighted by Crippen LogP contribution is -2.47. The Hall–Kier alpha value is -2.11. The summed E-state index contributed by atoms with van der Waals surface area (Å²) in [6.07, 6.45) is 6.55. The summed E-state index contributed by atoms with van der Waals surface area (Å²) >= 11 is 0. The van der Waals surface area contributed by atoms with Crippen LogP contribution >= 0.6 is 12.4 Å². The van der Waals surface area contributed by atoms with Gasteiger partial charge in [0, 0.05) is 50.0 Å². The number of nitrogens with zero attached hydrogens (tertiary/aromatic N) is 5. The number of pyridine rings is 1. The quantitative estimate of drug-likeness (QED) is 0.723. The second-order valence-electron chi connectivity index (χ2n) is 6.75. The van der Waals surface area contributed by atoms with E-state index in [-0.39, 0.29) is 12.4 Å². The highest BCUT2D eigenvalue weighted by atomic mass is 35.5. The average Bonchev–Trinajstić information content (AvgIpc) is 3.35. The Balaban J connectivity index is 0.00000157. The van der Waals surface area contributed by atoms with E-state index in [1.807, 2.05) is 16.9 Å². The van der Waals surface area contributed by atoms with E-state index in [1.165, 1.54) is 25.9 Å². The van der Waals surface area contributed by atoms with Gasteiger partial charge in [-0.05, 0) is 49.2 Å². The average molecular weight is 356 g/mol. The molecule has 5 nitrogen and oxygen atoms in total. The summed E-state index contributed by atoms with van der Waals surface area (Å²) in [5, 5.41) is 5.45. The predicted octanol–water partition coefficient (Wildman–Crippen LogP) is 3.13. The second-order valence-corrected chi connectivity index (χ2v) is 6.75. The van der Waals surface area contributed by atoms with E-state index >= 15 is 0 Å². The fourth-order valence-electron chi connectivity index (χ4n) is 3.60. The van der Waals surface area contributed by atoms with Crippen LogP contribution in [-0.4, -0.2) is 51.9 Å². The maximum Gasteiger partial charge on any atom is 0.129 e. The normalized spacial score (nSPS) is 18.3. The van der Waals surface area contributed by atoms with E-state index in [0.29, 0.717) is 0 Å². The van der Waals surface area contributed by atoms with Crippen LogP contribution in [0, 0.1) is 0 Å². The first-order chi connectivity index (χ1) is 11.9. The molecule has 0 atom stereocenters. The Labute approximate surface area is 153 Å². The highest BCUT2D eigenvalue weighted by molar-refractivity contribution is 5.85. The lowest BCUT2D eigenvalue weighted by molar-refractivity contribution is 0.247. The zero-order valence-electron chi connectivity index (χ0n) is 14.1. The number of hydrogen-bond acceptors (Lipinski definition) is 4. The van der Waals surface area contributed by atoms with Crippen LogP contribution in [-0.2, 0) is 0 Å². The maximum atomic E-state index is 4.88. The van der Waals surface area contributed by atoms with Crippen LogP contribution in [0.3, 0.4) is 0 Å². The third kappa shape index (κ3) is 3.22. The first-order valence-corrected chi connectivity index (χ1v) is 8.77. The van der Waals surface area contributed by atoms with Crippen molar-refractivity contribution in [1.29, 1.82) is 0 Å². The number of fused-ring (bicyclic) bond motifs is 1. The minimum atomic E-state index is 0. The molecule has 1 saturated heterocycles. The van der Waals surface area contributed by atoms with Gasteiger partial charge in [-0.15, -0.1) is 12.4 Å². The number of aromatic nitrogens is 3. The van der Waals surface area contributed by atoms with Crippen molar-refractivity contribution in [2.75, 3.05) is 31.1 Å². The molecule has 6 heteroatoms. The number of piperazine rings is 1. The van der Waals surface area contributed by atoms with Gasteiger partial charge in [0.1, 0.15) is 5.82 Å². The molecule has 0 unspecified atom stereocenters. The third-order valence-corrected chi connectivity index (χ3v) is 5.13. The Morgan fingerprint density at radius 3 is 2.52 bits per heavy atom. The van der Waals surface area contributed by atoms with Crippen LogP contribution in [0.2, 0.25) is 0 Å².